The van der Waals surface area contributed by atoms with Crippen molar-refractivity contribution in [2.75, 3.05) is 0 Å². The average Bonchev–Trinajstić information content (AvgIpc) is 3.24. The Bertz CT molecular complexity index is 480. The molecular formula is C20H30O4. The van der Waals surface area contributed by atoms with Gasteiger partial charge in [0.2, 0.25) is 0 Å². The molecule has 1 aliphatic heterocycles. The van der Waals surface area contributed by atoms with Crippen LogP contribution in [0, 0.1) is 11.8 Å². The number of carboxylic acid groups (broad SMARTS) is 1. The Morgan fingerprint density at radius 1 is 1.21 bits per heavy atom. The zero-order valence-electron chi connectivity index (χ0n) is 14.5. The predicted octanol–water partition coefficient (Wildman–Crippen LogP) is 3.86. The fourth-order valence-corrected chi connectivity index (χ4v) is 3.49. The molecular weight excluding hydrogens is 304 g/mol. The second kappa shape index (κ2) is 9.80. The van der Waals surface area contributed by atoms with Crippen molar-refractivity contribution < 1.29 is 19.7 Å². The van der Waals surface area contributed by atoms with Crippen molar-refractivity contribution in [3.8, 4) is 0 Å². The molecule has 2 fully saturated rings. The number of unbranched alkanes of at least 4 members (excludes halogenated alkanes) is 1. The maximum absolute atomic E-state index is 10.4. The van der Waals surface area contributed by atoms with Gasteiger partial charge in [0, 0.05) is 12.3 Å². The Hall–Kier alpha value is -1.39. The number of aliphatic carboxylic acids is 1. The van der Waals surface area contributed by atoms with Crippen LogP contribution in [0.25, 0.3) is 0 Å². The Balaban J connectivity index is 1.60. The van der Waals surface area contributed by atoms with Crippen LogP contribution in [0.1, 0.15) is 51.9 Å². The van der Waals surface area contributed by atoms with Crippen molar-refractivity contribution in [3.05, 3.63) is 36.5 Å². The number of epoxide rings is 1. The first-order chi connectivity index (χ1) is 11.6. The third-order valence-corrected chi connectivity index (χ3v) is 4.91. The highest BCUT2D eigenvalue weighted by Crippen LogP contribution is 2.49. The van der Waals surface area contributed by atoms with Crippen LogP contribution in [-0.2, 0) is 9.53 Å². The zero-order chi connectivity index (χ0) is 17.4. The molecule has 5 atom stereocenters. The summed E-state index contributed by atoms with van der Waals surface area (Å²) >= 11 is 0. The second-order valence-corrected chi connectivity index (χ2v) is 6.72. The van der Waals surface area contributed by atoms with Gasteiger partial charge in [-0.15, -0.1) is 0 Å². The predicted molar refractivity (Wildman–Crippen MR) is 94.7 cm³/mol. The molecule has 2 N–H and O–H groups in total. The number of carboxylic acids is 1. The van der Waals surface area contributed by atoms with E-state index in [4.69, 9.17) is 9.84 Å². The first-order valence-electron chi connectivity index (χ1n) is 9.15. The van der Waals surface area contributed by atoms with Gasteiger partial charge in [-0.1, -0.05) is 43.4 Å². The number of hydrogen-bond donors (Lipinski definition) is 2. The topological polar surface area (TPSA) is 70.1 Å². The van der Waals surface area contributed by atoms with Crippen LogP contribution in [0.15, 0.2) is 36.5 Å². The number of allylic oxidation sites excluding steroid dienone is 5. The van der Waals surface area contributed by atoms with Crippen molar-refractivity contribution >= 4 is 5.97 Å². The lowest BCUT2D eigenvalue weighted by Gasteiger charge is -2.23. The third-order valence-electron chi connectivity index (χ3n) is 4.91. The lowest BCUT2D eigenvalue weighted by molar-refractivity contribution is -0.137. The molecule has 134 valence electrons. The lowest BCUT2D eigenvalue weighted by atomic mass is 9.88. The van der Waals surface area contributed by atoms with Gasteiger partial charge in [-0.3, -0.25) is 4.79 Å². The van der Waals surface area contributed by atoms with Crippen molar-refractivity contribution in [1.29, 1.82) is 0 Å². The smallest absolute Gasteiger partial charge is 0.303 e. The summed E-state index contributed by atoms with van der Waals surface area (Å²) in [7, 11) is 0. The Kier molecular flexibility index (Phi) is 7.73. The van der Waals surface area contributed by atoms with E-state index < -0.39 is 5.97 Å². The Morgan fingerprint density at radius 2 is 1.92 bits per heavy atom. The molecule has 2 rings (SSSR count). The van der Waals surface area contributed by atoms with Crippen molar-refractivity contribution in [2.24, 2.45) is 11.8 Å². The molecule has 4 nitrogen and oxygen atoms in total. The molecule has 0 radical (unpaired) electrons. The van der Waals surface area contributed by atoms with Gasteiger partial charge in [-0.05, 0) is 44.4 Å². The van der Waals surface area contributed by atoms with Gasteiger partial charge in [0.25, 0.3) is 0 Å². The number of fused-ring (bicyclic) bond motifs is 1. The molecule has 1 heterocycles. The highest BCUT2D eigenvalue weighted by molar-refractivity contribution is 5.66. The van der Waals surface area contributed by atoms with E-state index in [2.05, 4.69) is 30.4 Å². The highest BCUT2D eigenvalue weighted by Gasteiger charge is 2.55. The van der Waals surface area contributed by atoms with Gasteiger partial charge >= 0.3 is 5.97 Å². The molecule has 2 aliphatic rings. The molecule has 1 aliphatic carbocycles. The first-order valence-corrected chi connectivity index (χ1v) is 9.15. The van der Waals surface area contributed by atoms with E-state index in [0.29, 0.717) is 30.5 Å². The highest BCUT2D eigenvalue weighted by atomic mass is 16.6. The van der Waals surface area contributed by atoms with E-state index in [9.17, 15) is 9.90 Å². The Morgan fingerprint density at radius 3 is 2.62 bits per heavy atom. The number of carbonyl (C=O) groups is 1. The summed E-state index contributed by atoms with van der Waals surface area (Å²) in [6.45, 7) is 2.04. The molecule has 0 bridgehead atoms. The number of aliphatic hydroxyl groups is 1. The molecule has 1 saturated carbocycles. The van der Waals surface area contributed by atoms with Crippen LogP contribution < -0.4 is 0 Å². The van der Waals surface area contributed by atoms with Crippen LogP contribution in [0.2, 0.25) is 0 Å². The molecule has 0 aromatic heterocycles. The van der Waals surface area contributed by atoms with E-state index in [1.807, 2.05) is 13.0 Å². The van der Waals surface area contributed by atoms with Crippen LogP contribution in [0.5, 0.6) is 0 Å². The van der Waals surface area contributed by atoms with Crippen molar-refractivity contribution in [2.45, 2.75) is 70.2 Å². The fourth-order valence-electron chi connectivity index (χ4n) is 3.49. The summed E-state index contributed by atoms with van der Waals surface area (Å²) in [5.41, 5.74) is 0. The van der Waals surface area contributed by atoms with E-state index in [1.165, 1.54) is 0 Å². The third kappa shape index (κ3) is 5.91. The quantitative estimate of drug-likeness (QED) is 0.342. The minimum Gasteiger partial charge on any atom is -0.481 e. The lowest BCUT2D eigenvalue weighted by Crippen LogP contribution is -2.26. The van der Waals surface area contributed by atoms with Gasteiger partial charge in [-0.25, -0.2) is 0 Å². The van der Waals surface area contributed by atoms with E-state index in [1.54, 1.807) is 0 Å². The maximum Gasteiger partial charge on any atom is 0.303 e. The molecule has 24 heavy (non-hydrogen) atoms. The minimum absolute atomic E-state index is 0.210. The monoisotopic (exact) mass is 334 g/mol. The van der Waals surface area contributed by atoms with Gasteiger partial charge < -0.3 is 14.9 Å². The first kappa shape index (κ1) is 18.9. The second-order valence-electron chi connectivity index (χ2n) is 6.72. The van der Waals surface area contributed by atoms with Gasteiger partial charge in [0.15, 0.2) is 0 Å². The molecule has 0 spiro atoms. The van der Waals surface area contributed by atoms with Gasteiger partial charge in [0.1, 0.15) is 0 Å². The number of hydrogen-bond acceptors (Lipinski definition) is 3. The molecule has 0 aromatic carbocycles. The summed E-state index contributed by atoms with van der Waals surface area (Å²) in [6, 6.07) is 0. The SMILES string of the molecule is CC[C@H](O)[C@@H]1C[C@@H]2O[C@@H]2[C@H]1/C=C\C/C=C\C/C=C\CCCC(=O)O. The molecule has 0 unspecified atom stereocenters. The molecule has 4 heteroatoms. The number of rotatable bonds is 11. The zero-order valence-corrected chi connectivity index (χ0v) is 14.5. The minimum atomic E-state index is -0.728. The van der Waals surface area contributed by atoms with Crippen molar-refractivity contribution in [1.82, 2.24) is 0 Å². The van der Waals surface area contributed by atoms with Crippen molar-refractivity contribution in [3.63, 3.8) is 0 Å². The van der Waals surface area contributed by atoms with Crippen LogP contribution >= 0.6 is 0 Å². The summed E-state index contributed by atoms with van der Waals surface area (Å²) in [6.07, 6.45) is 18.7. The van der Waals surface area contributed by atoms with Gasteiger partial charge in [-0.2, -0.15) is 0 Å². The summed E-state index contributed by atoms with van der Waals surface area (Å²) in [5, 5.41) is 18.6. The standard InChI is InChI=1S/C20H30O4/c1-2-17(21)16-14-18-20(24-18)15(16)12-10-8-6-4-3-5-7-9-11-13-19(22)23/h4-7,10,12,15-18,20-21H,2-3,8-9,11,13-14H2,1H3,(H,22,23)/b6-4-,7-5-,12-10-/t15-,16+,17-,18-,20+/m0/s1. The average molecular weight is 334 g/mol. The van der Waals surface area contributed by atoms with E-state index in [0.717, 1.165) is 32.1 Å². The largest absolute Gasteiger partial charge is 0.481 e. The summed E-state index contributed by atoms with van der Waals surface area (Å²) in [4.78, 5) is 10.4. The molecule has 0 aromatic rings. The maximum atomic E-state index is 10.4. The Labute approximate surface area is 144 Å². The summed E-state index contributed by atoms with van der Waals surface area (Å²) < 4.78 is 5.62. The molecule has 0 amide bonds. The van der Waals surface area contributed by atoms with Crippen LogP contribution in [0.3, 0.4) is 0 Å². The van der Waals surface area contributed by atoms with Gasteiger partial charge in [0.05, 0.1) is 18.3 Å². The normalized spacial score (nSPS) is 30.4. The van der Waals surface area contributed by atoms with E-state index >= 15 is 0 Å². The number of ether oxygens (including phenoxy) is 1. The van der Waals surface area contributed by atoms with Crippen LogP contribution in [-0.4, -0.2) is 34.5 Å². The number of aliphatic hydroxyl groups excluding tert-OH is 1. The fraction of sp³-hybridized carbons (Fsp3) is 0.650. The summed E-state index contributed by atoms with van der Waals surface area (Å²) in [5.74, 6) is -0.00541. The van der Waals surface area contributed by atoms with Crippen LogP contribution in [0.4, 0.5) is 0 Å². The molecule has 1 saturated heterocycles. The van der Waals surface area contributed by atoms with E-state index in [-0.39, 0.29) is 12.5 Å².